The van der Waals surface area contributed by atoms with Crippen LogP contribution in [0, 0.1) is 6.92 Å². The van der Waals surface area contributed by atoms with Gasteiger partial charge in [-0.05, 0) is 30.2 Å². The molecule has 2 nitrogen and oxygen atoms in total. The van der Waals surface area contributed by atoms with Crippen LogP contribution in [0.3, 0.4) is 0 Å². The molecule has 0 heterocycles. The summed E-state index contributed by atoms with van der Waals surface area (Å²) >= 11 is 5.87. The minimum Gasteiger partial charge on any atom is -0.208 e. The highest BCUT2D eigenvalue weighted by Gasteiger charge is 2.02. The van der Waals surface area contributed by atoms with E-state index < -0.39 is 9.05 Å². The molecule has 0 radical (unpaired) electrons. The molecule has 0 saturated heterocycles. The highest BCUT2D eigenvalue weighted by Crippen LogP contribution is 2.21. The molecule has 1 aromatic rings. The van der Waals surface area contributed by atoms with E-state index in [2.05, 4.69) is 0 Å². The maximum atomic E-state index is 10.7. The van der Waals surface area contributed by atoms with E-state index in [0.29, 0.717) is 10.6 Å². The minimum atomic E-state index is -3.62. The molecule has 0 N–H and O–H groups in total. The Bertz CT molecular complexity index is 443. The quantitative estimate of drug-likeness (QED) is 0.756. The Morgan fingerprint density at radius 2 is 2.00 bits per heavy atom. The van der Waals surface area contributed by atoms with Crippen molar-refractivity contribution in [3.05, 3.63) is 39.8 Å². The predicted molar refractivity (Wildman–Crippen MR) is 60.0 cm³/mol. The van der Waals surface area contributed by atoms with Gasteiger partial charge in [-0.1, -0.05) is 23.7 Å². The number of hydrogen-bond donors (Lipinski definition) is 0. The molecule has 76 valence electrons. The lowest BCUT2D eigenvalue weighted by Crippen LogP contribution is -1.84. The highest BCUT2D eigenvalue weighted by atomic mass is 35.7. The van der Waals surface area contributed by atoms with Crippen LogP contribution in [0.15, 0.2) is 23.6 Å². The number of rotatable bonds is 2. The summed E-state index contributed by atoms with van der Waals surface area (Å²) < 4.78 is 21.3. The predicted octanol–water partition coefficient (Wildman–Crippen LogP) is 3.19. The van der Waals surface area contributed by atoms with Crippen LogP contribution in [-0.2, 0) is 9.05 Å². The molecule has 0 aliphatic heterocycles. The van der Waals surface area contributed by atoms with Crippen molar-refractivity contribution in [2.75, 3.05) is 0 Å². The first-order valence-corrected chi connectivity index (χ1v) is 6.53. The van der Waals surface area contributed by atoms with E-state index in [9.17, 15) is 8.42 Å². The number of benzene rings is 1. The second-order valence-corrected chi connectivity index (χ2v) is 5.67. The van der Waals surface area contributed by atoms with Crippen molar-refractivity contribution in [1.82, 2.24) is 0 Å². The Morgan fingerprint density at radius 1 is 1.36 bits per heavy atom. The van der Waals surface area contributed by atoms with E-state index in [4.69, 9.17) is 22.3 Å². The van der Waals surface area contributed by atoms with Gasteiger partial charge in [0.2, 0.25) is 0 Å². The smallest absolute Gasteiger partial charge is 0.208 e. The Kier molecular flexibility index (Phi) is 3.59. The van der Waals surface area contributed by atoms with Crippen LogP contribution in [0.1, 0.15) is 11.1 Å². The molecule has 0 bridgehead atoms. The van der Waals surface area contributed by atoms with Gasteiger partial charge in [0.15, 0.2) is 0 Å². The van der Waals surface area contributed by atoms with Crippen molar-refractivity contribution in [3.63, 3.8) is 0 Å². The van der Waals surface area contributed by atoms with E-state index in [1.807, 2.05) is 13.0 Å². The summed E-state index contributed by atoms with van der Waals surface area (Å²) in [5.74, 6) is 0. The van der Waals surface area contributed by atoms with Gasteiger partial charge in [-0.15, -0.1) is 0 Å². The maximum Gasteiger partial charge on any atom is 0.254 e. The zero-order chi connectivity index (χ0) is 10.8. The van der Waals surface area contributed by atoms with E-state index in [1.54, 1.807) is 12.1 Å². The Morgan fingerprint density at radius 3 is 2.50 bits per heavy atom. The number of aryl methyl sites for hydroxylation is 1. The fraction of sp³-hybridized carbons (Fsp3) is 0.111. The summed E-state index contributed by atoms with van der Waals surface area (Å²) in [5, 5.41) is 1.42. The topological polar surface area (TPSA) is 34.1 Å². The molecule has 1 aromatic carbocycles. The number of hydrogen-bond acceptors (Lipinski definition) is 2. The van der Waals surface area contributed by atoms with Crippen molar-refractivity contribution in [3.8, 4) is 0 Å². The standard InChI is InChI=1S/C9H8Cl2O2S/c1-7-3-2-4-9(10)8(7)5-6-14(11,12)13/h2-6H,1H3. The van der Waals surface area contributed by atoms with Crippen molar-refractivity contribution in [2.24, 2.45) is 0 Å². The van der Waals surface area contributed by atoms with E-state index in [-0.39, 0.29) is 0 Å². The third-order valence-corrected chi connectivity index (χ3v) is 2.77. The SMILES string of the molecule is Cc1cccc(Cl)c1C=CS(=O)(=O)Cl. The molecular weight excluding hydrogens is 243 g/mol. The third-order valence-electron chi connectivity index (χ3n) is 1.67. The lowest BCUT2D eigenvalue weighted by molar-refractivity contribution is 0.617. The molecule has 0 unspecified atom stereocenters. The van der Waals surface area contributed by atoms with E-state index in [0.717, 1.165) is 11.0 Å². The van der Waals surface area contributed by atoms with Crippen LogP contribution in [0.25, 0.3) is 6.08 Å². The summed E-state index contributed by atoms with van der Waals surface area (Å²) in [6.45, 7) is 1.84. The van der Waals surface area contributed by atoms with Crippen molar-refractivity contribution < 1.29 is 8.42 Å². The van der Waals surface area contributed by atoms with Crippen LogP contribution in [0.5, 0.6) is 0 Å². The third kappa shape index (κ3) is 3.33. The molecule has 0 aliphatic rings. The van der Waals surface area contributed by atoms with Gasteiger partial charge in [0.1, 0.15) is 0 Å². The van der Waals surface area contributed by atoms with Gasteiger partial charge in [-0.2, -0.15) is 0 Å². The summed E-state index contributed by atoms with van der Waals surface area (Å²) in [6.07, 6.45) is 1.39. The zero-order valence-corrected chi connectivity index (χ0v) is 9.70. The fourth-order valence-electron chi connectivity index (χ4n) is 1.01. The van der Waals surface area contributed by atoms with Gasteiger partial charge in [-0.25, -0.2) is 8.42 Å². The van der Waals surface area contributed by atoms with Crippen LogP contribution < -0.4 is 0 Å². The molecular formula is C9H8Cl2O2S. The summed E-state index contributed by atoms with van der Waals surface area (Å²) in [5.41, 5.74) is 1.56. The zero-order valence-electron chi connectivity index (χ0n) is 7.37. The first-order chi connectivity index (χ1) is 6.40. The molecule has 14 heavy (non-hydrogen) atoms. The van der Waals surface area contributed by atoms with Gasteiger partial charge in [0.25, 0.3) is 9.05 Å². The van der Waals surface area contributed by atoms with Crippen molar-refractivity contribution in [2.45, 2.75) is 6.92 Å². The minimum absolute atomic E-state index is 0.501. The van der Waals surface area contributed by atoms with Gasteiger partial charge in [0, 0.05) is 21.1 Å². The molecule has 0 aromatic heterocycles. The Balaban J connectivity index is 3.15. The largest absolute Gasteiger partial charge is 0.254 e. The summed E-state index contributed by atoms with van der Waals surface area (Å²) in [6, 6.07) is 5.33. The van der Waals surface area contributed by atoms with Crippen LogP contribution in [-0.4, -0.2) is 8.42 Å². The highest BCUT2D eigenvalue weighted by molar-refractivity contribution is 8.16. The van der Waals surface area contributed by atoms with Crippen molar-refractivity contribution >= 4 is 37.4 Å². The second-order valence-electron chi connectivity index (χ2n) is 2.75. The van der Waals surface area contributed by atoms with Gasteiger partial charge >= 0.3 is 0 Å². The van der Waals surface area contributed by atoms with E-state index in [1.165, 1.54) is 6.08 Å². The van der Waals surface area contributed by atoms with Crippen LogP contribution in [0.4, 0.5) is 0 Å². The first-order valence-electron chi connectivity index (χ1n) is 3.78. The van der Waals surface area contributed by atoms with Crippen molar-refractivity contribution in [1.29, 1.82) is 0 Å². The normalized spacial score (nSPS) is 12.2. The Hall–Kier alpha value is -0.510. The Labute approximate surface area is 92.6 Å². The van der Waals surface area contributed by atoms with Crippen LogP contribution in [0.2, 0.25) is 5.02 Å². The van der Waals surface area contributed by atoms with E-state index >= 15 is 0 Å². The first kappa shape index (κ1) is 11.6. The fourth-order valence-corrected chi connectivity index (χ4v) is 1.74. The molecule has 0 saturated carbocycles. The average molecular weight is 251 g/mol. The molecule has 0 aliphatic carbocycles. The lowest BCUT2D eigenvalue weighted by atomic mass is 10.1. The molecule has 0 spiro atoms. The van der Waals surface area contributed by atoms with Gasteiger partial charge < -0.3 is 0 Å². The van der Waals surface area contributed by atoms with Gasteiger partial charge in [-0.3, -0.25) is 0 Å². The average Bonchev–Trinajstić information content (AvgIpc) is 2.01. The molecule has 0 atom stereocenters. The summed E-state index contributed by atoms with van der Waals surface area (Å²) in [7, 11) is 1.41. The molecule has 0 fully saturated rings. The second kappa shape index (κ2) is 4.34. The molecule has 0 amide bonds. The molecule has 1 rings (SSSR count). The maximum absolute atomic E-state index is 10.7. The monoisotopic (exact) mass is 250 g/mol. The van der Waals surface area contributed by atoms with Crippen LogP contribution >= 0.6 is 22.3 Å². The molecule has 5 heteroatoms. The number of halogens is 2. The lowest BCUT2D eigenvalue weighted by Gasteiger charge is -2.01. The van der Waals surface area contributed by atoms with Gasteiger partial charge in [0.05, 0.1) is 0 Å². The summed E-state index contributed by atoms with van der Waals surface area (Å²) in [4.78, 5) is 0.